The molecule has 130 valence electrons. The Morgan fingerprint density at radius 3 is 2.48 bits per heavy atom. The van der Waals surface area contributed by atoms with Gasteiger partial charge in [-0.05, 0) is 25.0 Å². The summed E-state index contributed by atoms with van der Waals surface area (Å²) in [5, 5.41) is 2.91. The third kappa shape index (κ3) is 3.29. The lowest BCUT2D eigenvalue weighted by molar-refractivity contribution is -0.137. The highest BCUT2D eigenvalue weighted by atomic mass is 19.4. The molecule has 1 fully saturated rings. The van der Waals surface area contributed by atoms with Crippen molar-refractivity contribution in [2.24, 2.45) is 0 Å². The van der Waals surface area contributed by atoms with Crippen LogP contribution in [0.3, 0.4) is 0 Å². The molecule has 0 unspecified atom stereocenters. The molecule has 2 N–H and O–H groups in total. The van der Waals surface area contributed by atoms with Crippen LogP contribution in [0.25, 0.3) is 11.0 Å². The van der Waals surface area contributed by atoms with E-state index in [1.807, 2.05) is 0 Å². The summed E-state index contributed by atoms with van der Waals surface area (Å²) in [6.45, 7) is 0. The number of hydrogen-bond donors (Lipinski definition) is 2. The summed E-state index contributed by atoms with van der Waals surface area (Å²) in [7, 11) is 0. The van der Waals surface area contributed by atoms with Gasteiger partial charge in [0.15, 0.2) is 0 Å². The first-order valence-electron chi connectivity index (χ1n) is 8.15. The number of aromatic nitrogens is 4. The highest BCUT2D eigenvalue weighted by Crippen LogP contribution is 2.33. The third-order valence-corrected chi connectivity index (χ3v) is 4.47. The Bertz CT molecular complexity index is 879. The number of nitrogens with zero attached hydrogens (tertiary/aromatic N) is 3. The fourth-order valence-corrected chi connectivity index (χ4v) is 3.16. The van der Waals surface area contributed by atoms with Gasteiger partial charge in [0.1, 0.15) is 17.5 Å². The van der Waals surface area contributed by atoms with Crippen molar-refractivity contribution in [2.75, 3.05) is 5.32 Å². The molecule has 3 heterocycles. The van der Waals surface area contributed by atoms with Crippen molar-refractivity contribution in [3.63, 3.8) is 0 Å². The first-order chi connectivity index (χ1) is 12.0. The summed E-state index contributed by atoms with van der Waals surface area (Å²) in [4.78, 5) is 16.0. The van der Waals surface area contributed by atoms with Crippen molar-refractivity contribution in [2.45, 2.75) is 37.8 Å². The van der Waals surface area contributed by atoms with Crippen LogP contribution in [0.1, 0.15) is 43.0 Å². The summed E-state index contributed by atoms with van der Waals surface area (Å²) in [5.41, 5.74) is 0.856. The van der Waals surface area contributed by atoms with Gasteiger partial charge in [-0.2, -0.15) is 13.2 Å². The molecule has 3 aromatic heterocycles. The Labute approximate surface area is 141 Å². The lowest BCUT2D eigenvalue weighted by Crippen LogP contribution is -2.06. The topological polar surface area (TPSA) is 66.5 Å². The van der Waals surface area contributed by atoms with E-state index in [9.17, 15) is 13.2 Å². The van der Waals surface area contributed by atoms with E-state index in [-0.39, 0.29) is 0 Å². The molecular weight excluding hydrogens is 331 g/mol. The van der Waals surface area contributed by atoms with Crippen molar-refractivity contribution in [1.82, 2.24) is 19.9 Å². The van der Waals surface area contributed by atoms with Crippen molar-refractivity contribution >= 4 is 22.7 Å². The molecule has 3 aromatic rings. The van der Waals surface area contributed by atoms with E-state index in [0.717, 1.165) is 42.0 Å². The summed E-state index contributed by atoms with van der Waals surface area (Å²) in [6.07, 6.45) is 2.83. The minimum absolute atomic E-state index is 0.298. The Balaban J connectivity index is 1.55. The molecule has 1 aliphatic rings. The largest absolute Gasteiger partial charge is 0.417 e. The highest BCUT2D eigenvalue weighted by molar-refractivity contribution is 5.78. The van der Waals surface area contributed by atoms with E-state index in [0.29, 0.717) is 17.6 Å². The zero-order valence-electron chi connectivity index (χ0n) is 13.3. The maximum absolute atomic E-state index is 12.6. The number of aromatic amines is 1. The Kier molecular flexibility index (Phi) is 3.82. The number of H-pyrrole nitrogens is 1. The van der Waals surface area contributed by atoms with Crippen LogP contribution in [0, 0.1) is 0 Å². The molecule has 5 nitrogen and oxygen atoms in total. The van der Waals surface area contributed by atoms with Crippen LogP contribution in [-0.2, 0) is 6.18 Å². The smallest absolute Gasteiger partial charge is 0.340 e. The van der Waals surface area contributed by atoms with Gasteiger partial charge in [0.25, 0.3) is 0 Å². The standard InChI is InChI=1S/C17H16F3N5/c18-17(19,20)11-5-6-14(21-8-11)25-15-7-12-13(9-22-15)24-16(23-12)10-3-1-2-4-10/h5-10H,1-4H2,(H,23,24)(H,21,22,25). The number of halogens is 3. The lowest BCUT2D eigenvalue weighted by Gasteiger charge is -2.08. The van der Waals surface area contributed by atoms with Gasteiger partial charge in [-0.25, -0.2) is 15.0 Å². The predicted molar refractivity (Wildman–Crippen MR) is 87.6 cm³/mol. The van der Waals surface area contributed by atoms with E-state index in [4.69, 9.17) is 0 Å². The number of anilines is 2. The number of fused-ring (bicyclic) bond motifs is 1. The van der Waals surface area contributed by atoms with Crippen LogP contribution in [0.4, 0.5) is 24.8 Å². The average Bonchev–Trinajstić information content (AvgIpc) is 3.23. The molecular formula is C17H16F3N5. The molecule has 0 aromatic carbocycles. The second-order valence-electron chi connectivity index (χ2n) is 6.24. The minimum atomic E-state index is -4.39. The molecule has 4 rings (SSSR count). The molecule has 0 spiro atoms. The summed E-state index contributed by atoms with van der Waals surface area (Å²) < 4.78 is 37.7. The quantitative estimate of drug-likeness (QED) is 0.716. The van der Waals surface area contributed by atoms with Gasteiger partial charge in [-0.1, -0.05) is 12.8 Å². The van der Waals surface area contributed by atoms with Crippen LogP contribution in [0.5, 0.6) is 0 Å². The fourth-order valence-electron chi connectivity index (χ4n) is 3.16. The van der Waals surface area contributed by atoms with E-state index in [1.165, 1.54) is 18.9 Å². The second-order valence-corrected chi connectivity index (χ2v) is 6.24. The van der Waals surface area contributed by atoms with Crippen LogP contribution in [0.15, 0.2) is 30.6 Å². The van der Waals surface area contributed by atoms with Gasteiger partial charge in [0.2, 0.25) is 0 Å². The number of imidazole rings is 1. The summed E-state index contributed by atoms with van der Waals surface area (Å²) in [6, 6.07) is 4.04. The molecule has 25 heavy (non-hydrogen) atoms. The fraction of sp³-hybridized carbons (Fsp3) is 0.353. The van der Waals surface area contributed by atoms with Crippen molar-refractivity contribution in [3.05, 3.63) is 42.0 Å². The Morgan fingerprint density at radius 1 is 1.04 bits per heavy atom. The van der Waals surface area contributed by atoms with Crippen LogP contribution in [0.2, 0.25) is 0 Å². The van der Waals surface area contributed by atoms with Crippen molar-refractivity contribution < 1.29 is 13.2 Å². The van der Waals surface area contributed by atoms with Crippen LogP contribution in [-0.4, -0.2) is 19.9 Å². The van der Waals surface area contributed by atoms with Crippen LogP contribution < -0.4 is 5.32 Å². The molecule has 0 amide bonds. The maximum Gasteiger partial charge on any atom is 0.417 e. The monoisotopic (exact) mass is 347 g/mol. The summed E-state index contributed by atoms with van der Waals surface area (Å²) >= 11 is 0. The molecule has 8 heteroatoms. The first-order valence-corrected chi connectivity index (χ1v) is 8.15. The van der Waals surface area contributed by atoms with E-state index in [1.54, 1.807) is 12.3 Å². The normalized spacial score (nSPS) is 15.8. The minimum Gasteiger partial charge on any atom is -0.340 e. The Hall–Kier alpha value is -2.64. The maximum atomic E-state index is 12.6. The molecule has 0 saturated heterocycles. The van der Waals surface area contributed by atoms with Gasteiger partial charge >= 0.3 is 6.18 Å². The summed E-state index contributed by atoms with van der Waals surface area (Å²) in [5.74, 6) is 2.25. The number of hydrogen-bond acceptors (Lipinski definition) is 4. The zero-order valence-corrected chi connectivity index (χ0v) is 13.3. The number of pyridine rings is 2. The first kappa shape index (κ1) is 15.9. The SMILES string of the molecule is FC(F)(F)c1ccc(Nc2cc3nc(C4CCCC4)[nH]c3cn2)nc1. The Morgan fingerprint density at radius 2 is 1.80 bits per heavy atom. The van der Waals surface area contributed by atoms with Crippen LogP contribution >= 0.6 is 0 Å². The molecule has 0 radical (unpaired) electrons. The van der Waals surface area contributed by atoms with E-state index in [2.05, 4.69) is 25.3 Å². The van der Waals surface area contributed by atoms with Crippen molar-refractivity contribution in [3.8, 4) is 0 Å². The second kappa shape index (κ2) is 6.02. The van der Waals surface area contributed by atoms with Gasteiger partial charge in [-0.3, -0.25) is 0 Å². The molecule has 1 aliphatic carbocycles. The average molecular weight is 347 g/mol. The zero-order chi connectivity index (χ0) is 17.4. The van der Waals surface area contributed by atoms with Gasteiger partial charge < -0.3 is 10.3 Å². The number of alkyl halides is 3. The molecule has 0 aliphatic heterocycles. The predicted octanol–water partition coefficient (Wildman–Crippen LogP) is 4.77. The molecule has 0 bridgehead atoms. The number of rotatable bonds is 3. The molecule has 1 saturated carbocycles. The van der Waals surface area contributed by atoms with E-state index >= 15 is 0 Å². The van der Waals surface area contributed by atoms with Crippen molar-refractivity contribution in [1.29, 1.82) is 0 Å². The van der Waals surface area contributed by atoms with Gasteiger partial charge in [0.05, 0.1) is 22.8 Å². The molecule has 0 atom stereocenters. The van der Waals surface area contributed by atoms with Gasteiger partial charge in [-0.15, -0.1) is 0 Å². The van der Waals surface area contributed by atoms with Gasteiger partial charge in [0, 0.05) is 18.2 Å². The highest BCUT2D eigenvalue weighted by Gasteiger charge is 2.30. The number of nitrogens with one attached hydrogen (secondary N) is 2. The van der Waals surface area contributed by atoms with E-state index < -0.39 is 11.7 Å². The lowest BCUT2D eigenvalue weighted by atomic mass is 10.1. The third-order valence-electron chi connectivity index (χ3n) is 4.47.